The van der Waals surface area contributed by atoms with Crippen molar-refractivity contribution in [3.8, 4) is 0 Å². The Bertz CT molecular complexity index is 626. The van der Waals surface area contributed by atoms with Crippen molar-refractivity contribution in [2.75, 3.05) is 6.61 Å². The van der Waals surface area contributed by atoms with Crippen LogP contribution in [0.15, 0.2) is 60.7 Å². The van der Waals surface area contributed by atoms with Crippen LogP contribution in [-0.2, 0) is 9.53 Å². The molecule has 0 radical (unpaired) electrons. The fourth-order valence-corrected chi connectivity index (χ4v) is 6.01. The summed E-state index contributed by atoms with van der Waals surface area (Å²) >= 11 is 0. The van der Waals surface area contributed by atoms with E-state index >= 15 is 0 Å². The van der Waals surface area contributed by atoms with Gasteiger partial charge in [0, 0.05) is 0 Å². The number of aliphatic hydroxyl groups is 1. The molecule has 2 aromatic rings. The monoisotopic (exact) mass is 328 g/mol. The Hall–Kier alpha value is -1.91. The molecular formula is C19H24O3Si. The minimum atomic E-state index is -2.28. The molecule has 0 bridgehead atoms. The quantitative estimate of drug-likeness (QED) is 0.654. The molecule has 0 aliphatic heterocycles. The predicted molar refractivity (Wildman–Crippen MR) is 95.3 cm³/mol. The van der Waals surface area contributed by atoms with Gasteiger partial charge in [0.15, 0.2) is 0 Å². The van der Waals surface area contributed by atoms with E-state index in [0.29, 0.717) is 6.61 Å². The van der Waals surface area contributed by atoms with Crippen LogP contribution in [0.1, 0.15) is 18.6 Å². The number of carbonyl (C=O) groups is 1. The summed E-state index contributed by atoms with van der Waals surface area (Å²) in [7, 11) is -2.28. The van der Waals surface area contributed by atoms with Gasteiger partial charge in [0.25, 0.3) is 0 Å². The van der Waals surface area contributed by atoms with E-state index in [1.807, 2.05) is 60.7 Å². The summed E-state index contributed by atoms with van der Waals surface area (Å²) in [5, 5.41) is 12.0. The molecule has 0 aliphatic carbocycles. The fraction of sp³-hybridized carbons (Fsp3) is 0.316. The van der Waals surface area contributed by atoms with Crippen molar-refractivity contribution >= 4 is 19.2 Å². The molecule has 0 fully saturated rings. The molecule has 2 aromatic carbocycles. The molecule has 4 heteroatoms. The average molecular weight is 328 g/mol. The largest absolute Gasteiger partial charge is 0.466 e. The molecule has 3 nitrogen and oxygen atoms in total. The lowest BCUT2D eigenvalue weighted by Gasteiger charge is -2.34. The molecular weight excluding hydrogens is 304 g/mol. The van der Waals surface area contributed by atoms with Gasteiger partial charge in [-0.3, -0.25) is 4.79 Å². The van der Waals surface area contributed by atoms with Crippen LogP contribution in [0.25, 0.3) is 0 Å². The molecule has 0 saturated carbocycles. The molecule has 122 valence electrons. The summed E-state index contributed by atoms with van der Waals surface area (Å²) in [6.45, 7) is 6.32. The van der Waals surface area contributed by atoms with Crippen LogP contribution in [0.4, 0.5) is 0 Å². The van der Waals surface area contributed by atoms with Crippen molar-refractivity contribution in [2.24, 2.45) is 0 Å². The first-order valence-electron chi connectivity index (χ1n) is 7.93. The predicted octanol–water partition coefficient (Wildman–Crippen LogP) is 3.27. The number of carbonyl (C=O) groups excluding carboxylic acids is 1. The van der Waals surface area contributed by atoms with Crippen LogP contribution in [-0.4, -0.2) is 25.8 Å². The summed E-state index contributed by atoms with van der Waals surface area (Å²) in [5.41, 5.74) is 0.203. The van der Waals surface area contributed by atoms with E-state index in [1.54, 1.807) is 6.92 Å². The van der Waals surface area contributed by atoms with E-state index in [1.165, 1.54) is 0 Å². The maximum Gasteiger partial charge on any atom is 0.309 e. The lowest BCUT2D eigenvalue weighted by Crippen LogP contribution is -2.51. The topological polar surface area (TPSA) is 46.5 Å². The van der Waals surface area contributed by atoms with Gasteiger partial charge in [-0.25, -0.2) is 0 Å². The second-order valence-electron chi connectivity index (χ2n) is 6.17. The maximum atomic E-state index is 12.6. The van der Waals surface area contributed by atoms with Crippen LogP contribution >= 0.6 is 0 Å². The third-order valence-corrected chi connectivity index (χ3v) is 8.22. The van der Waals surface area contributed by atoms with Crippen molar-refractivity contribution in [1.82, 2.24) is 0 Å². The first kappa shape index (κ1) is 17.4. The third kappa shape index (κ3) is 3.89. The molecule has 0 amide bonds. The van der Waals surface area contributed by atoms with Gasteiger partial charge in [0.05, 0.1) is 26.3 Å². The zero-order valence-electron chi connectivity index (χ0n) is 13.9. The van der Waals surface area contributed by atoms with E-state index in [2.05, 4.69) is 13.1 Å². The third-order valence-electron chi connectivity index (χ3n) is 4.29. The molecule has 0 saturated heterocycles. The van der Waals surface area contributed by atoms with Gasteiger partial charge in [0.1, 0.15) is 0 Å². The van der Waals surface area contributed by atoms with Crippen LogP contribution < -0.4 is 5.19 Å². The van der Waals surface area contributed by atoms with Crippen LogP contribution in [0, 0.1) is 0 Å². The van der Waals surface area contributed by atoms with Gasteiger partial charge in [-0.15, -0.1) is 0 Å². The molecule has 2 atom stereocenters. The number of hydrogen-bond donors (Lipinski definition) is 1. The summed E-state index contributed by atoms with van der Waals surface area (Å²) in [4.78, 5) is 12.6. The number of hydrogen-bond acceptors (Lipinski definition) is 3. The van der Waals surface area contributed by atoms with E-state index in [0.717, 1.165) is 10.8 Å². The van der Waals surface area contributed by atoms with Gasteiger partial charge in [-0.2, -0.15) is 0 Å². The summed E-state index contributed by atoms with van der Waals surface area (Å²) in [6, 6.07) is 19.3. The smallest absolute Gasteiger partial charge is 0.309 e. The Kier molecular flexibility index (Phi) is 5.74. The minimum Gasteiger partial charge on any atom is -0.466 e. The highest BCUT2D eigenvalue weighted by Crippen LogP contribution is 2.36. The molecule has 0 heterocycles. The number of rotatable bonds is 6. The van der Waals surface area contributed by atoms with Crippen LogP contribution in [0.3, 0.4) is 0 Å². The van der Waals surface area contributed by atoms with Crippen molar-refractivity contribution < 1.29 is 14.6 Å². The summed E-state index contributed by atoms with van der Waals surface area (Å²) < 4.78 is 5.29. The number of aliphatic hydroxyl groups excluding tert-OH is 1. The highest BCUT2D eigenvalue weighted by atomic mass is 28.3. The lowest BCUT2D eigenvalue weighted by molar-refractivity contribution is -0.145. The molecule has 0 aromatic heterocycles. The minimum absolute atomic E-state index is 0.315. The molecule has 23 heavy (non-hydrogen) atoms. The van der Waals surface area contributed by atoms with E-state index in [4.69, 9.17) is 4.74 Å². The number of ether oxygens (including phenoxy) is 1. The van der Waals surface area contributed by atoms with Crippen molar-refractivity contribution in [2.45, 2.75) is 31.7 Å². The standard InChI is InChI=1S/C19H24O3Si/c1-4-22-19(21)18(17(20)15-11-7-5-8-12-15)23(2,3)16-13-9-6-10-14-16/h5-14,17-18,20H,4H2,1-3H3. The first-order chi connectivity index (χ1) is 11.0. The summed E-state index contributed by atoms with van der Waals surface area (Å²) in [6.07, 6.45) is -0.864. The average Bonchev–Trinajstić information content (AvgIpc) is 2.56. The highest BCUT2D eigenvalue weighted by molar-refractivity contribution is 6.93. The van der Waals surface area contributed by atoms with Gasteiger partial charge >= 0.3 is 5.97 Å². The fourth-order valence-electron chi connectivity index (χ4n) is 2.94. The second-order valence-corrected chi connectivity index (χ2v) is 10.8. The van der Waals surface area contributed by atoms with E-state index in [9.17, 15) is 9.90 Å². The SMILES string of the molecule is CCOC(=O)C(C(O)c1ccccc1)[Si](C)(C)c1ccccc1. The zero-order chi connectivity index (χ0) is 16.9. The molecule has 2 rings (SSSR count). The Balaban J connectivity index is 2.44. The normalized spacial score (nSPS) is 14.1. The molecule has 1 N–H and O–H groups in total. The maximum absolute atomic E-state index is 12.6. The van der Waals surface area contributed by atoms with Crippen molar-refractivity contribution in [3.05, 3.63) is 66.2 Å². The Morgan fingerprint density at radius 3 is 2.09 bits per heavy atom. The van der Waals surface area contributed by atoms with Crippen LogP contribution in [0.2, 0.25) is 18.6 Å². The van der Waals surface area contributed by atoms with Gasteiger partial charge in [0.2, 0.25) is 0 Å². The van der Waals surface area contributed by atoms with Crippen molar-refractivity contribution in [3.63, 3.8) is 0 Å². The molecule has 2 unspecified atom stereocenters. The van der Waals surface area contributed by atoms with Crippen LogP contribution in [0.5, 0.6) is 0 Å². The summed E-state index contributed by atoms with van der Waals surface area (Å²) in [5.74, 6) is -0.315. The Morgan fingerprint density at radius 1 is 1.04 bits per heavy atom. The first-order valence-corrected chi connectivity index (χ1v) is 11.0. The molecule has 0 spiro atoms. The lowest BCUT2D eigenvalue weighted by atomic mass is 10.1. The van der Waals surface area contributed by atoms with Crippen molar-refractivity contribution in [1.29, 1.82) is 0 Å². The van der Waals surface area contributed by atoms with Gasteiger partial charge in [-0.05, 0) is 12.5 Å². The Morgan fingerprint density at radius 2 is 1.57 bits per heavy atom. The number of benzene rings is 2. The van der Waals surface area contributed by atoms with E-state index < -0.39 is 19.7 Å². The van der Waals surface area contributed by atoms with Gasteiger partial charge in [-0.1, -0.05) is 78.9 Å². The highest BCUT2D eigenvalue weighted by Gasteiger charge is 2.44. The van der Waals surface area contributed by atoms with Gasteiger partial charge < -0.3 is 9.84 Å². The number of esters is 1. The second kappa shape index (κ2) is 7.57. The zero-order valence-corrected chi connectivity index (χ0v) is 14.9. The van der Waals surface area contributed by atoms with E-state index in [-0.39, 0.29) is 5.97 Å². The molecule has 0 aliphatic rings. The Labute approximate surface area is 138 Å².